The molecule has 0 saturated heterocycles. The van der Waals surface area contributed by atoms with Gasteiger partial charge in [-0.3, -0.25) is 9.78 Å². The van der Waals surface area contributed by atoms with E-state index >= 15 is 0 Å². The topological polar surface area (TPSA) is 89.0 Å². The van der Waals surface area contributed by atoms with Crippen LogP contribution in [0.4, 0.5) is 4.39 Å². The third-order valence-electron chi connectivity index (χ3n) is 3.30. The van der Waals surface area contributed by atoms with E-state index in [0.29, 0.717) is 21.3 Å². The smallest absolute Gasteiger partial charge is 0.266 e. The number of rotatable bonds is 4. The lowest BCUT2D eigenvalue weighted by Gasteiger charge is -2.07. The van der Waals surface area contributed by atoms with Crippen molar-refractivity contribution in [1.82, 2.24) is 14.7 Å². The predicted molar refractivity (Wildman–Crippen MR) is 96.1 cm³/mol. The first kappa shape index (κ1) is 18.4. The average molecular weight is 412 g/mol. The molecule has 1 aromatic carbocycles. The molecule has 0 aliphatic heterocycles. The molecule has 0 bridgehead atoms. The van der Waals surface area contributed by atoms with E-state index < -0.39 is 26.6 Å². The van der Waals surface area contributed by atoms with Crippen LogP contribution in [0.5, 0.6) is 0 Å². The Bertz CT molecular complexity index is 1100. The van der Waals surface area contributed by atoms with Crippen LogP contribution in [0.1, 0.15) is 16.1 Å². The minimum Gasteiger partial charge on any atom is -0.266 e. The van der Waals surface area contributed by atoms with E-state index in [4.69, 9.17) is 11.6 Å². The maximum absolute atomic E-state index is 13.8. The second-order valence-electron chi connectivity index (χ2n) is 5.24. The number of hydrogen-bond donors (Lipinski definition) is 1. The van der Waals surface area contributed by atoms with E-state index in [-0.39, 0.29) is 5.69 Å². The van der Waals surface area contributed by atoms with Gasteiger partial charge in [-0.25, -0.2) is 22.5 Å². The summed E-state index contributed by atoms with van der Waals surface area (Å²) in [6.07, 6.45) is 1.52. The summed E-state index contributed by atoms with van der Waals surface area (Å²) in [7, 11) is -4.38. The molecule has 0 atom stereocenters. The van der Waals surface area contributed by atoms with Crippen molar-refractivity contribution in [2.75, 3.05) is 0 Å². The van der Waals surface area contributed by atoms with Crippen molar-refractivity contribution in [3.05, 3.63) is 64.0 Å². The number of nitrogens with one attached hydrogen (secondary N) is 1. The molecule has 1 amide bonds. The van der Waals surface area contributed by atoms with Crippen molar-refractivity contribution < 1.29 is 17.6 Å². The Balaban J connectivity index is 1.87. The number of aromatic nitrogens is 2. The maximum atomic E-state index is 13.8. The molecule has 6 nitrogen and oxygen atoms in total. The van der Waals surface area contributed by atoms with Gasteiger partial charge in [0.15, 0.2) is 0 Å². The Hall–Kier alpha value is -2.36. The number of aryl methyl sites for hydroxylation is 1. The van der Waals surface area contributed by atoms with Gasteiger partial charge in [-0.2, -0.15) is 0 Å². The van der Waals surface area contributed by atoms with Crippen LogP contribution in [-0.4, -0.2) is 24.3 Å². The zero-order chi connectivity index (χ0) is 18.9. The highest BCUT2D eigenvalue weighted by atomic mass is 35.5. The van der Waals surface area contributed by atoms with Gasteiger partial charge in [-0.15, -0.1) is 11.3 Å². The van der Waals surface area contributed by atoms with Crippen LogP contribution in [-0.2, 0) is 10.0 Å². The van der Waals surface area contributed by atoms with Gasteiger partial charge in [0.1, 0.15) is 27.1 Å². The second kappa shape index (κ2) is 7.10. The number of hydrogen-bond acceptors (Lipinski definition) is 6. The van der Waals surface area contributed by atoms with Gasteiger partial charge >= 0.3 is 0 Å². The van der Waals surface area contributed by atoms with Crippen LogP contribution < -0.4 is 4.72 Å². The van der Waals surface area contributed by atoms with Crippen molar-refractivity contribution in [3.63, 3.8) is 0 Å². The molecule has 0 saturated carbocycles. The van der Waals surface area contributed by atoms with Crippen LogP contribution in [0.15, 0.2) is 46.8 Å². The van der Waals surface area contributed by atoms with Crippen molar-refractivity contribution in [2.45, 2.75) is 11.8 Å². The molecule has 0 aliphatic carbocycles. The number of amides is 1. The van der Waals surface area contributed by atoms with Gasteiger partial charge in [0.05, 0.1) is 5.02 Å². The van der Waals surface area contributed by atoms with E-state index in [1.807, 2.05) is 4.72 Å². The van der Waals surface area contributed by atoms with Gasteiger partial charge in [0.25, 0.3) is 15.9 Å². The van der Waals surface area contributed by atoms with Gasteiger partial charge in [-0.05, 0) is 36.8 Å². The fourth-order valence-electron chi connectivity index (χ4n) is 2.08. The zero-order valence-electron chi connectivity index (χ0n) is 13.2. The van der Waals surface area contributed by atoms with E-state index in [0.717, 1.165) is 23.5 Å². The number of pyridine rings is 1. The summed E-state index contributed by atoms with van der Waals surface area (Å²) in [4.78, 5) is 19.8. The third kappa shape index (κ3) is 3.74. The Kier molecular flexibility index (Phi) is 5.03. The monoisotopic (exact) mass is 411 g/mol. The van der Waals surface area contributed by atoms with Crippen LogP contribution in [0, 0.1) is 12.7 Å². The van der Waals surface area contributed by atoms with Crippen LogP contribution in [0.25, 0.3) is 10.7 Å². The van der Waals surface area contributed by atoms with Crippen LogP contribution >= 0.6 is 22.9 Å². The van der Waals surface area contributed by atoms with Crippen molar-refractivity contribution in [2.24, 2.45) is 0 Å². The minimum atomic E-state index is -4.38. The summed E-state index contributed by atoms with van der Waals surface area (Å²) in [5.41, 5.74) is 0.786. The van der Waals surface area contributed by atoms with E-state index in [1.165, 1.54) is 17.6 Å². The highest BCUT2D eigenvalue weighted by Gasteiger charge is 2.24. The molecule has 0 fully saturated rings. The van der Waals surface area contributed by atoms with E-state index in [1.54, 1.807) is 19.1 Å². The molecule has 2 heterocycles. The molecular formula is C16H11ClFN3O3S2. The molecule has 10 heteroatoms. The number of thiazole rings is 1. The lowest BCUT2D eigenvalue weighted by molar-refractivity contribution is 0.0977. The zero-order valence-corrected chi connectivity index (χ0v) is 15.6. The lowest BCUT2D eigenvalue weighted by atomic mass is 10.2. The molecule has 134 valence electrons. The van der Waals surface area contributed by atoms with Gasteiger partial charge < -0.3 is 0 Å². The summed E-state index contributed by atoms with van der Waals surface area (Å²) >= 11 is 7.12. The average Bonchev–Trinajstić information content (AvgIpc) is 3.07. The SMILES string of the molecule is Cc1ccc(F)c(S(=O)(=O)NC(=O)c2csc(-c3ncccc3Cl)n2)c1. The normalized spacial score (nSPS) is 11.3. The minimum absolute atomic E-state index is 0.136. The Morgan fingerprint density at radius 3 is 2.81 bits per heavy atom. The molecule has 1 N–H and O–H groups in total. The quantitative estimate of drug-likeness (QED) is 0.710. The first-order valence-electron chi connectivity index (χ1n) is 7.17. The molecule has 0 radical (unpaired) electrons. The van der Waals surface area contributed by atoms with Gasteiger partial charge in [-0.1, -0.05) is 17.7 Å². The second-order valence-corrected chi connectivity index (χ2v) is 8.16. The summed E-state index contributed by atoms with van der Waals surface area (Å²) in [6.45, 7) is 1.61. The van der Waals surface area contributed by atoms with Crippen LogP contribution in [0.2, 0.25) is 5.02 Å². The van der Waals surface area contributed by atoms with E-state index in [9.17, 15) is 17.6 Å². The maximum Gasteiger partial charge on any atom is 0.284 e. The Labute approximate surface area is 157 Å². The van der Waals surface area contributed by atoms with E-state index in [2.05, 4.69) is 9.97 Å². The first-order valence-corrected chi connectivity index (χ1v) is 9.92. The summed E-state index contributed by atoms with van der Waals surface area (Å²) < 4.78 is 40.2. The van der Waals surface area contributed by atoms with Crippen molar-refractivity contribution >= 4 is 38.9 Å². The summed E-state index contributed by atoms with van der Waals surface area (Å²) in [5, 5.41) is 2.08. The fraction of sp³-hybridized carbons (Fsp3) is 0.0625. The number of halogens is 2. The molecule has 3 aromatic rings. The van der Waals surface area contributed by atoms with Gasteiger partial charge in [0.2, 0.25) is 0 Å². The summed E-state index contributed by atoms with van der Waals surface area (Å²) in [6, 6.07) is 6.87. The number of carbonyl (C=O) groups excluding carboxylic acids is 1. The highest BCUT2D eigenvalue weighted by molar-refractivity contribution is 7.90. The van der Waals surface area contributed by atoms with Crippen molar-refractivity contribution in [3.8, 4) is 10.7 Å². The Morgan fingerprint density at radius 2 is 2.08 bits per heavy atom. The predicted octanol–water partition coefficient (Wildman–Crippen LogP) is 3.42. The standard InChI is InChI=1S/C16H11ClFN3O3S2/c1-9-4-5-11(18)13(7-9)26(23,24)21-15(22)12-8-25-16(20-12)14-10(17)3-2-6-19-14/h2-8H,1H3,(H,21,22). The fourth-order valence-corrected chi connectivity index (χ4v) is 4.28. The van der Waals surface area contributed by atoms with Gasteiger partial charge in [0, 0.05) is 11.6 Å². The molecule has 2 aromatic heterocycles. The number of nitrogens with zero attached hydrogens (tertiary/aromatic N) is 2. The molecule has 0 aliphatic rings. The molecular weight excluding hydrogens is 401 g/mol. The molecule has 0 unspecified atom stereocenters. The highest BCUT2D eigenvalue weighted by Crippen LogP contribution is 2.28. The number of sulfonamides is 1. The first-order chi connectivity index (χ1) is 12.3. The number of benzene rings is 1. The molecule has 26 heavy (non-hydrogen) atoms. The number of carbonyl (C=O) groups is 1. The van der Waals surface area contributed by atoms with Crippen LogP contribution in [0.3, 0.4) is 0 Å². The lowest BCUT2D eigenvalue weighted by Crippen LogP contribution is -2.31. The van der Waals surface area contributed by atoms with Crippen molar-refractivity contribution in [1.29, 1.82) is 0 Å². The third-order valence-corrected chi connectivity index (χ3v) is 5.80. The summed E-state index contributed by atoms with van der Waals surface area (Å²) in [5.74, 6) is -1.92. The molecule has 3 rings (SSSR count). The largest absolute Gasteiger partial charge is 0.284 e. The Morgan fingerprint density at radius 1 is 1.31 bits per heavy atom. The molecule has 0 spiro atoms.